The summed E-state index contributed by atoms with van der Waals surface area (Å²) in [6, 6.07) is 13.6. The average Bonchev–Trinajstić information content (AvgIpc) is 2.59. The highest BCUT2D eigenvalue weighted by molar-refractivity contribution is 6.35. The van der Waals surface area contributed by atoms with Crippen LogP contribution in [0.25, 0.3) is 0 Å². The van der Waals surface area contributed by atoms with Gasteiger partial charge in [-0.2, -0.15) is 0 Å². The number of ether oxygens (including phenoxy) is 1. The Morgan fingerprint density at radius 2 is 1.62 bits per heavy atom. The van der Waals surface area contributed by atoms with Gasteiger partial charge in [-0.05, 0) is 42.8 Å². The van der Waals surface area contributed by atoms with E-state index < -0.39 is 0 Å². The summed E-state index contributed by atoms with van der Waals surface area (Å²) >= 11 is 12.3. The number of benzene rings is 2. The zero-order valence-corrected chi connectivity index (χ0v) is 15.7. The van der Waals surface area contributed by atoms with E-state index in [9.17, 15) is 0 Å². The molecule has 0 radical (unpaired) electrons. The molecule has 2 rings (SSSR count). The van der Waals surface area contributed by atoms with Gasteiger partial charge in [-0.1, -0.05) is 67.6 Å². The quantitative estimate of drug-likeness (QED) is 0.503. The van der Waals surface area contributed by atoms with Crippen molar-refractivity contribution < 1.29 is 4.74 Å². The standard InChI is InChI=1S/C20H25Cl2NO/c1-2-3-4-5-13-23-14-16-9-11-17(12-10-16)24-15-18-19(21)7-6-8-20(18)22/h6-12,23H,2-5,13-15H2,1H3. The molecule has 0 fully saturated rings. The van der Waals surface area contributed by atoms with Crippen LogP contribution in [-0.2, 0) is 13.2 Å². The molecule has 0 aliphatic carbocycles. The highest BCUT2D eigenvalue weighted by atomic mass is 35.5. The number of nitrogens with one attached hydrogen (secondary N) is 1. The molecule has 4 heteroatoms. The second-order valence-corrected chi connectivity index (χ2v) is 6.68. The fourth-order valence-corrected chi connectivity index (χ4v) is 2.95. The maximum absolute atomic E-state index is 6.15. The van der Waals surface area contributed by atoms with Crippen LogP contribution in [-0.4, -0.2) is 6.54 Å². The zero-order valence-electron chi connectivity index (χ0n) is 14.2. The molecule has 2 nitrogen and oxygen atoms in total. The van der Waals surface area contributed by atoms with E-state index in [1.807, 2.05) is 30.3 Å². The first kappa shape index (κ1) is 19.1. The van der Waals surface area contributed by atoms with Crippen LogP contribution in [0, 0.1) is 0 Å². The first-order chi connectivity index (χ1) is 11.7. The van der Waals surface area contributed by atoms with Gasteiger partial charge >= 0.3 is 0 Å². The van der Waals surface area contributed by atoms with E-state index in [-0.39, 0.29) is 0 Å². The van der Waals surface area contributed by atoms with Crippen molar-refractivity contribution in [3.8, 4) is 5.75 Å². The topological polar surface area (TPSA) is 21.3 Å². The molecule has 0 bridgehead atoms. The van der Waals surface area contributed by atoms with Crippen molar-refractivity contribution in [2.75, 3.05) is 6.54 Å². The molecule has 0 spiro atoms. The van der Waals surface area contributed by atoms with Gasteiger partial charge in [0.1, 0.15) is 12.4 Å². The van der Waals surface area contributed by atoms with Gasteiger partial charge in [0.05, 0.1) is 0 Å². The molecule has 0 aliphatic rings. The molecule has 0 amide bonds. The summed E-state index contributed by atoms with van der Waals surface area (Å²) in [5, 5.41) is 4.74. The van der Waals surface area contributed by atoms with Crippen LogP contribution in [0.2, 0.25) is 10.0 Å². The smallest absolute Gasteiger partial charge is 0.119 e. The van der Waals surface area contributed by atoms with Crippen LogP contribution >= 0.6 is 23.2 Å². The van der Waals surface area contributed by atoms with Crippen molar-refractivity contribution >= 4 is 23.2 Å². The second-order valence-electron chi connectivity index (χ2n) is 5.87. The third-order valence-corrected chi connectivity index (χ3v) is 4.61. The molecule has 2 aromatic carbocycles. The zero-order chi connectivity index (χ0) is 17.2. The van der Waals surface area contributed by atoms with Gasteiger partial charge in [0.2, 0.25) is 0 Å². The Kier molecular flexibility index (Phi) is 8.44. The Bertz CT molecular complexity index is 593. The largest absolute Gasteiger partial charge is 0.489 e. The van der Waals surface area contributed by atoms with Crippen LogP contribution < -0.4 is 10.1 Å². The molecule has 24 heavy (non-hydrogen) atoms. The van der Waals surface area contributed by atoms with Gasteiger partial charge in [0.25, 0.3) is 0 Å². The van der Waals surface area contributed by atoms with Gasteiger partial charge in [-0.25, -0.2) is 0 Å². The average molecular weight is 366 g/mol. The molecule has 0 unspecified atom stereocenters. The highest BCUT2D eigenvalue weighted by Crippen LogP contribution is 2.25. The molecule has 0 aromatic heterocycles. The van der Waals surface area contributed by atoms with Crippen molar-refractivity contribution in [3.05, 3.63) is 63.6 Å². The van der Waals surface area contributed by atoms with E-state index in [1.54, 1.807) is 0 Å². The summed E-state index contributed by atoms with van der Waals surface area (Å²) in [6.45, 7) is 4.57. The van der Waals surface area contributed by atoms with Gasteiger partial charge in [-0.15, -0.1) is 0 Å². The van der Waals surface area contributed by atoms with E-state index in [4.69, 9.17) is 27.9 Å². The number of unbranched alkanes of at least 4 members (excludes halogenated alkanes) is 3. The first-order valence-corrected chi connectivity index (χ1v) is 9.31. The SMILES string of the molecule is CCCCCCNCc1ccc(OCc2c(Cl)cccc2Cl)cc1. The molecule has 0 heterocycles. The Hall–Kier alpha value is -1.22. The highest BCUT2D eigenvalue weighted by Gasteiger charge is 2.06. The molecule has 130 valence electrons. The van der Waals surface area contributed by atoms with E-state index in [0.717, 1.165) is 24.4 Å². The molecule has 0 saturated heterocycles. The molecule has 0 aliphatic heterocycles. The van der Waals surface area contributed by atoms with Crippen LogP contribution in [0.4, 0.5) is 0 Å². The van der Waals surface area contributed by atoms with Crippen molar-refractivity contribution in [2.45, 2.75) is 45.8 Å². The minimum Gasteiger partial charge on any atom is -0.489 e. The normalized spacial score (nSPS) is 10.8. The summed E-state index contributed by atoms with van der Waals surface area (Å²) in [5.41, 5.74) is 2.08. The van der Waals surface area contributed by atoms with Crippen molar-refractivity contribution in [2.24, 2.45) is 0 Å². The van der Waals surface area contributed by atoms with E-state index in [1.165, 1.54) is 31.2 Å². The van der Waals surface area contributed by atoms with Gasteiger partial charge < -0.3 is 10.1 Å². The fourth-order valence-electron chi connectivity index (χ4n) is 2.44. The molecule has 2 aromatic rings. The van der Waals surface area contributed by atoms with Gasteiger partial charge in [-0.3, -0.25) is 0 Å². The van der Waals surface area contributed by atoms with Crippen LogP contribution in [0.3, 0.4) is 0 Å². The molecular formula is C20H25Cl2NO. The summed E-state index contributed by atoms with van der Waals surface area (Å²) in [7, 11) is 0. The lowest BCUT2D eigenvalue weighted by atomic mass is 10.2. The van der Waals surface area contributed by atoms with Crippen LogP contribution in [0.5, 0.6) is 5.75 Å². The van der Waals surface area contributed by atoms with Crippen molar-refractivity contribution in [1.82, 2.24) is 5.32 Å². The Morgan fingerprint density at radius 1 is 0.917 bits per heavy atom. The number of halogens is 2. The molecule has 1 N–H and O–H groups in total. The third kappa shape index (κ3) is 6.35. The molecular weight excluding hydrogens is 341 g/mol. The summed E-state index contributed by atoms with van der Waals surface area (Å²) < 4.78 is 5.79. The van der Waals surface area contributed by atoms with E-state index >= 15 is 0 Å². The van der Waals surface area contributed by atoms with Gasteiger partial charge in [0.15, 0.2) is 0 Å². The minimum atomic E-state index is 0.369. The lowest BCUT2D eigenvalue weighted by molar-refractivity contribution is 0.306. The maximum atomic E-state index is 6.15. The van der Waals surface area contributed by atoms with E-state index in [2.05, 4.69) is 24.4 Å². The summed E-state index contributed by atoms with van der Waals surface area (Å²) in [5.74, 6) is 0.817. The Labute approximate surface area is 155 Å². The third-order valence-electron chi connectivity index (χ3n) is 3.90. The lowest BCUT2D eigenvalue weighted by Crippen LogP contribution is -2.14. The first-order valence-electron chi connectivity index (χ1n) is 8.56. The Balaban J connectivity index is 1.76. The number of rotatable bonds is 10. The van der Waals surface area contributed by atoms with Crippen LogP contribution in [0.15, 0.2) is 42.5 Å². The predicted molar refractivity (Wildman–Crippen MR) is 103 cm³/mol. The van der Waals surface area contributed by atoms with Crippen molar-refractivity contribution in [3.63, 3.8) is 0 Å². The number of hydrogen-bond acceptors (Lipinski definition) is 2. The number of hydrogen-bond donors (Lipinski definition) is 1. The van der Waals surface area contributed by atoms with Gasteiger partial charge in [0, 0.05) is 22.2 Å². The van der Waals surface area contributed by atoms with E-state index in [0.29, 0.717) is 16.7 Å². The molecule has 0 saturated carbocycles. The Morgan fingerprint density at radius 3 is 2.29 bits per heavy atom. The van der Waals surface area contributed by atoms with Crippen LogP contribution in [0.1, 0.15) is 43.7 Å². The monoisotopic (exact) mass is 365 g/mol. The summed E-state index contributed by atoms with van der Waals surface area (Å²) in [6.07, 6.45) is 5.15. The molecule has 0 atom stereocenters. The minimum absolute atomic E-state index is 0.369. The maximum Gasteiger partial charge on any atom is 0.119 e. The fraction of sp³-hybridized carbons (Fsp3) is 0.400. The lowest BCUT2D eigenvalue weighted by Gasteiger charge is -2.10. The second kappa shape index (κ2) is 10.6. The van der Waals surface area contributed by atoms with Crippen molar-refractivity contribution in [1.29, 1.82) is 0 Å². The predicted octanol–water partition coefficient (Wildman–Crippen LogP) is 6.24. The summed E-state index contributed by atoms with van der Waals surface area (Å²) in [4.78, 5) is 0.